The van der Waals surface area contributed by atoms with Gasteiger partial charge in [-0.25, -0.2) is 13.1 Å². The Morgan fingerprint density at radius 2 is 2.11 bits per heavy atom. The van der Waals surface area contributed by atoms with E-state index in [0.717, 1.165) is 19.3 Å². The summed E-state index contributed by atoms with van der Waals surface area (Å²) < 4.78 is 27.2. The molecule has 4 nitrogen and oxygen atoms in total. The van der Waals surface area contributed by atoms with Crippen LogP contribution in [0.2, 0.25) is 5.02 Å². The normalized spacial score (nSPS) is 24.3. The predicted octanol–water partition coefficient (Wildman–Crippen LogP) is 2.39. The average molecular weight is 289 g/mol. The van der Waals surface area contributed by atoms with Gasteiger partial charge in [-0.3, -0.25) is 0 Å². The lowest BCUT2D eigenvalue weighted by atomic mass is 10.1. The van der Waals surface area contributed by atoms with E-state index in [1.807, 2.05) is 0 Å². The van der Waals surface area contributed by atoms with Crippen LogP contribution in [0.25, 0.3) is 0 Å². The second kappa shape index (κ2) is 5.07. The summed E-state index contributed by atoms with van der Waals surface area (Å²) in [7, 11) is -3.56. The summed E-state index contributed by atoms with van der Waals surface area (Å²) in [6.07, 6.45) is 3.00. The molecule has 1 fully saturated rings. The average Bonchev–Trinajstić information content (AvgIpc) is 2.63. The quantitative estimate of drug-likeness (QED) is 0.839. The highest BCUT2D eigenvalue weighted by Gasteiger charge is 2.29. The zero-order chi connectivity index (χ0) is 13.3. The smallest absolute Gasteiger partial charge is 0.242 e. The number of sulfonamides is 1. The second-order valence-corrected chi connectivity index (χ2v) is 6.92. The van der Waals surface area contributed by atoms with E-state index in [4.69, 9.17) is 17.3 Å². The number of anilines is 1. The van der Waals surface area contributed by atoms with Crippen LogP contribution in [0.1, 0.15) is 26.2 Å². The fraction of sp³-hybridized carbons (Fsp3) is 0.500. The van der Waals surface area contributed by atoms with Crippen LogP contribution in [-0.2, 0) is 10.0 Å². The number of nitrogen functional groups attached to an aromatic ring is 1. The Morgan fingerprint density at radius 1 is 1.39 bits per heavy atom. The van der Waals surface area contributed by atoms with Gasteiger partial charge in [0.15, 0.2) is 0 Å². The van der Waals surface area contributed by atoms with Crippen LogP contribution in [0.3, 0.4) is 0 Å². The maximum atomic E-state index is 12.2. The topological polar surface area (TPSA) is 72.2 Å². The SMILES string of the molecule is CC1CCCC1NS(=O)(=O)c1ccc(N)cc1Cl. The van der Waals surface area contributed by atoms with Crippen LogP contribution in [0.15, 0.2) is 23.1 Å². The summed E-state index contributed by atoms with van der Waals surface area (Å²) in [6, 6.07) is 4.44. The van der Waals surface area contributed by atoms with Gasteiger partial charge in [-0.2, -0.15) is 0 Å². The van der Waals surface area contributed by atoms with Crippen LogP contribution >= 0.6 is 11.6 Å². The molecule has 18 heavy (non-hydrogen) atoms. The van der Waals surface area contributed by atoms with Crippen molar-refractivity contribution < 1.29 is 8.42 Å². The van der Waals surface area contributed by atoms with E-state index < -0.39 is 10.0 Å². The van der Waals surface area contributed by atoms with Gasteiger partial charge in [0.1, 0.15) is 4.90 Å². The van der Waals surface area contributed by atoms with Crippen LogP contribution in [0, 0.1) is 5.92 Å². The summed E-state index contributed by atoms with van der Waals surface area (Å²) in [6.45, 7) is 2.06. The highest BCUT2D eigenvalue weighted by Crippen LogP contribution is 2.28. The summed E-state index contributed by atoms with van der Waals surface area (Å²) in [4.78, 5) is 0.0949. The summed E-state index contributed by atoms with van der Waals surface area (Å²) in [5, 5.41) is 0.160. The van der Waals surface area contributed by atoms with Crippen LogP contribution in [0.4, 0.5) is 5.69 Å². The van der Waals surface area contributed by atoms with Gasteiger partial charge in [-0.1, -0.05) is 24.9 Å². The number of benzene rings is 1. The Hall–Kier alpha value is -0.780. The number of hydrogen-bond acceptors (Lipinski definition) is 3. The molecule has 1 saturated carbocycles. The third kappa shape index (κ3) is 2.79. The molecule has 2 unspecified atom stereocenters. The van der Waals surface area contributed by atoms with E-state index in [1.165, 1.54) is 12.1 Å². The van der Waals surface area contributed by atoms with Gasteiger partial charge in [0.05, 0.1) is 5.02 Å². The zero-order valence-electron chi connectivity index (χ0n) is 10.2. The first-order chi connectivity index (χ1) is 8.40. The molecule has 6 heteroatoms. The lowest BCUT2D eigenvalue weighted by Crippen LogP contribution is -2.36. The number of rotatable bonds is 3. The molecule has 0 bridgehead atoms. The minimum Gasteiger partial charge on any atom is -0.399 e. The molecule has 0 radical (unpaired) electrons. The molecular weight excluding hydrogens is 272 g/mol. The molecule has 100 valence electrons. The molecule has 0 spiro atoms. The molecule has 1 aliphatic carbocycles. The molecule has 0 aliphatic heterocycles. The maximum Gasteiger partial charge on any atom is 0.242 e. The Balaban J connectivity index is 2.25. The van der Waals surface area contributed by atoms with Gasteiger partial charge in [0, 0.05) is 11.7 Å². The third-order valence-electron chi connectivity index (χ3n) is 3.41. The lowest BCUT2D eigenvalue weighted by Gasteiger charge is -2.18. The van der Waals surface area contributed by atoms with Crippen molar-refractivity contribution in [2.45, 2.75) is 37.1 Å². The van der Waals surface area contributed by atoms with Crippen molar-refractivity contribution in [3.05, 3.63) is 23.2 Å². The summed E-state index contributed by atoms with van der Waals surface area (Å²) in [5.41, 5.74) is 6.01. The van der Waals surface area contributed by atoms with E-state index >= 15 is 0 Å². The van der Waals surface area contributed by atoms with Crippen LogP contribution < -0.4 is 10.5 Å². The van der Waals surface area contributed by atoms with Crippen molar-refractivity contribution in [2.24, 2.45) is 5.92 Å². The fourth-order valence-electron chi connectivity index (χ4n) is 2.32. The van der Waals surface area contributed by atoms with Gasteiger partial charge in [-0.05, 0) is 37.0 Å². The Kier molecular flexibility index (Phi) is 3.84. The first-order valence-electron chi connectivity index (χ1n) is 5.97. The summed E-state index contributed by atoms with van der Waals surface area (Å²) >= 11 is 5.94. The van der Waals surface area contributed by atoms with Gasteiger partial charge in [-0.15, -0.1) is 0 Å². The number of nitrogens with one attached hydrogen (secondary N) is 1. The maximum absolute atomic E-state index is 12.2. The second-order valence-electron chi connectivity index (χ2n) is 4.83. The standard InChI is InChI=1S/C12H17ClN2O2S/c1-8-3-2-4-11(8)15-18(16,17)12-6-5-9(14)7-10(12)13/h5-8,11,15H,2-4,14H2,1H3. The van der Waals surface area contributed by atoms with Gasteiger partial charge in [0.2, 0.25) is 10.0 Å². The molecule has 0 heterocycles. The Labute approximate surface area is 113 Å². The minimum atomic E-state index is -3.56. The van der Waals surface area contributed by atoms with Gasteiger partial charge >= 0.3 is 0 Å². The number of nitrogens with two attached hydrogens (primary N) is 1. The lowest BCUT2D eigenvalue weighted by molar-refractivity contribution is 0.476. The third-order valence-corrected chi connectivity index (χ3v) is 5.39. The van der Waals surface area contributed by atoms with Crippen LogP contribution in [-0.4, -0.2) is 14.5 Å². The first-order valence-corrected chi connectivity index (χ1v) is 7.83. The highest BCUT2D eigenvalue weighted by atomic mass is 35.5. The van der Waals surface area contributed by atoms with E-state index in [0.29, 0.717) is 11.6 Å². The minimum absolute atomic E-state index is 0.00335. The zero-order valence-corrected chi connectivity index (χ0v) is 11.8. The van der Waals surface area contributed by atoms with E-state index in [2.05, 4.69) is 11.6 Å². The largest absolute Gasteiger partial charge is 0.399 e. The van der Waals surface area contributed by atoms with E-state index in [9.17, 15) is 8.42 Å². The Morgan fingerprint density at radius 3 is 2.67 bits per heavy atom. The van der Waals surface area contributed by atoms with E-state index in [1.54, 1.807) is 6.07 Å². The molecular formula is C12H17ClN2O2S. The molecule has 0 aromatic heterocycles. The van der Waals surface area contributed by atoms with Crippen molar-refractivity contribution in [1.29, 1.82) is 0 Å². The molecule has 1 aliphatic rings. The summed E-state index contributed by atoms with van der Waals surface area (Å²) in [5.74, 6) is 0.368. The molecule has 2 rings (SSSR count). The van der Waals surface area contributed by atoms with Crippen molar-refractivity contribution >= 4 is 27.3 Å². The van der Waals surface area contributed by atoms with Gasteiger partial charge < -0.3 is 5.73 Å². The Bertz CT molecular complexity index is 545. The first kappa shape index (κ1) is 13.6. The highest BCUT2D eigenvalue weighted by molar-refractivity contribution is 7.89. The molecule has 2 atom stereocenters. The van der Waals surface area contributed by atoms with Crippen molar-refractivity contribution in [3.63, 3.8) is 0 Å². The molecule has 3 N–H and O–H groups in total. The number of halogens is 1. The molecule has 0 saturated heterocycles. The fourth-order valence-corrected chi connectivity index (χ4v) is 4.25. The predicted molar refractivity (Wildman–Crippen MR) is 73.0 cm³/mol. The van der Waals surface area contributed by atoms with Crippen molar-refractivity contribution in [3.8, 4) is 0 Å². The van der Waals surface area contributed by atoms with Crippen molar-refractivity contribution in [1.82, 2.24) is 4.72 Å². The van der Waals surface area contributed by atoms with Crippen LogP contribution in [0.5, 0.6) is 0 Å². The van der Waals surface area contributed by atoms with E-state index in [-0.39, 0.29) is 16.0 Å². The molecule has 1 aromatic rings. The molecule has 0 amide bonds. The monoisotopic (exact) mass is 288 g/mol. The molecule has 1 aromatic carbocycles. The number of hydrogen-bond donors (Lipinski definition) is 2. The van der Waals surface area contributed by atoms with Gasteiger partial charge in [0.25, 0.3) is 0 Å². The van der Waals surface area contributed by atoms with Crippen molar-refractivity contribution in [2.75, 3.05) is 5.73 Å².